The number of amides is 1. The Hall–Kier alpha value is -3.06. The van der Waals surface area contributed by atoms with Gasteiger partial charge in [0, 0.05) is 11.8 Å². The van der Waals surface area contributed by atoms with Crippen molar-refractivity contribution in [1.82, 2.24) is 0 Å². The standard InChI is InChI=1S/C18H19NO6/c1-23-14-9-8-13(10-15(14)24-2)19-16(20)11-25-18(22)17(21)12-6-4-3-5-7-12/h3-10,17,21H,11H2,1-2H3,(H,19,20)/t17-/m1/s1. The molecule has 0 saturated carbocycles. The number of ether oxygens (including phenoxy) is 3. The summed E-state index contributed by atoms with van der Waals surface area (Å²) in [4.78, 5) is 23.7. The number of carbonyl (C=O) groups excluding carboxylic acids is 2. The van der Waals surface area contributed by atoms with Crippen LogP contribution in [-0.2, 0) is 14.3 Å². The third-order valence-corrected chi connectivity index (χ3v) is 3.35. The number of carbonyl (C=O) groups is 2. The van der Waals surface area contributed by atoms with Crippen molar-refractivity contribution in [3.8, 4) is 11.5 Å². The molecule has 0 aliphatic heterocycles. The van der Waals surface area contributed by atoms with Crippen molar-refractivity contribution in [2.24, 2.45) is 0 Å². The lowest BCUT2D eigenvalue weighted by Crippen LogP contribution is -2.24. The number of anilines is 1. The SMILES string of the molecule is COc1ccc(NC(=O)COC(=O)[C@H](O)c2ccccc2)cc1OC. The first-order chi connectivity index (χ1) is 12.0. The van der Waals surface area contributed by atoms with E-state index in [1.165, 1.54) is 14.2 Å². The van der Waals surface area contributed by atoms with Crippen molar-refractivity contribution in [3.05, 3.63) is 54.1 Å². The maximum atomic E-state index is 11.9. The van der Waals surface area contributed by atoms with Crippen LogP contribution in [0.1, 0.15) is 11.7 Å². The summed E-state index contributed by atoms with van der Waals surface area (Å²) in [6.45, 7) is -0.517. The van der Waals surface area contributed by atoms with Crippen LogP contribution in [0.3, 0.4) is 0 Å². The van der Waals surface area contributed by atoms with Gasteiger partial charge < -0.3 is 24.6 Å². The highest BCUT2D eigenvalue weighted by molar-refractivity contribution is 5.93. The lowest BCUT2D eigenvalue weighted by molar-refractivity contribution is -0.156. The van der Waals surface area contributed by atoms with Gasteiger partial charge in [-0.05, 0) is 17.7 Å². The first-order valence-corrected chi connectivity index (χ1v) is 7.46. The summed E-state index contributed by atoms with van der Waals surface area (Å²) < 4.78 is 15.1. The fourth-order valence-electron chi connectivity index (χ4n) is 2.10. The van der Waals surface area contributed by atoms with Crippen LogP contribution >= 0.6 is 0 Å². The lowest BCUT2D eigenvalue weighted by atomic mass is 10.1. The Morgan fingerprint density at radius 1 is 1.04 bits per heavy atom. The molecule has 0 fully saturated rings. The third-order valence-electron chi connectivity index (χ3n) is 3.35. The normalized spacial score (nSPS) is 11.3. The molecule has 0 unspecified atom stereocenters. The zero-order valence-electron chi connectivity index (χ0n) is 13.9. The Bertz CT molecular complexity index is 732. The van der Waals surface area contributed by atoms with Crippen LogP contribution in [0.15, 0.2) is 48.5 Å². The molecule has 1 amide bonds. The molecule has 0 heterocycles. The molecule has 132 valence electrons. The van der Waals surface area contributed by atoms with Crippen molar-refractivity contribution in [1.29, 1.82) is 0 Å². The number of methoxy groups -OCH3 is 2. The van der Waals surface area contributed by atoms with E-state index in [0.717, 1.165) is 0 Å². The molecule has 7 nitrogen and oxygen atoms in total. The van der Waals surface area contributed by atoms with E-state index in [9.17, 15) is 14.7 Å². The second-order valence-electron chi connectivity index (χ2n) is 5.04. The summed E-state index contributed by atoms with van der Waals surface area (Å²) in [5, 5.41) is 12.4. The fraction of sp³-hybridized carbons (Fsp3) is 0.222. The van der Waals surface area contributed by atoms with Gasteiger partial charge in [0.25, 0.3) is 5.91 Å². The van der Waals surface area contributed by atoms with Crippen molar-refractivity contribution in [3.63, 3.8) is 0 Å². The van der Waals surface area contributed by atoms with Gasteiger partial charge in [-0.3, -0.25) is 4.79 Å². The van der Waals surface area contributed by atoms with Crippen molar-refractivity contribution >= 4 is 17.6 Å². The molecule has 0 spiro atoms. The van der Waals surface area contributed by atoms with E-state index in [-0.39, 0.29) is 0 Å². The molecule has 0 aliphatic carbocycles. The molecular weight excluding hydrogens is 326 g/mol. The van der Waals surface area contributed by atoms with Crippen molar-refractivity contribution in [2.75, 3.05) is 26.1 Å². The molecule has 2 rings (SSSR count). The van der Waals surface area contributed by atoms with E-state index in [0.29, 0.717) is 22.7 Å². The molecule has 1 atom stereocenters. The van der Waals surface area contributed by atoms with Crippen LogP contribution in [0.25, 0.3) is 0 Å². The van der Waals surface area contributed by atoms with Gasteiger partial charge in [0.15, 0.2) is 24.2 Å². The number of benzene rings is 2. The van der Waals surface area contributed by atoms with E-state index in [1.807, 2.05) is 0 Å². The van der Waals surface area contributed by atoms with Gasteiger partial charge in [-0.2, -0.15) is 0 Å². The number of aliphatic hydroxyl groups is 1. The van der Waals surface area contributed by atoms with Crippen LogP contribution < -0.4 is 14.8 Å². The summed E-state index contributed by atoms with van der Waals surface area (Å²) in [6.07, 6.45) is -1.44. The number of aliphatic hydroxyl groups excluding tert-OH is 1. The topological polar surface area (TPSA) is 94.1 Å². The lowest BCUT2D eigenvalue weighted by Gasteiger charge is -2.12. The quantitative estimate of drug-likeness (QED) is 0.745. The molecule has 0 aromatic heterocycles. The molecular formula is C18H19NO6. The highest BCUT2D eigenvalue weighted by atomic mass is 16.5. The Labute approximate surface area is 145 Å². The van der Waals surface area contributed by atoms with Crippen LogP contribution in [0, 0.1) is 0 Å². The predicted molar refractivity (Wildman–Crippen MR) is 90.5 cm³/mol. The maximum absolute atomic E-state index is 11.9. The van der Waals surface area contributed by atoms with Crippen molar-refractivity contribution < 1.29 is 28.9 Å². The molecule has 2 aromatic rings. The number of esters is 1. The summed E-state index contributed by atoms with van der Waals surface area (Å²) in [7, 11) is 2.99. The molecule has 0 bridgehead atoms. The predicted octanol–water partition coefficient (Wildman–Crippen LogP) is 1.92. The highest BCUT2D eigenvalue weighted by Crippen LogP contribution is 2.29. The number of rotatable bonds is 7. The summed E-state index contributed by atoms with van der Waals surface area (Å²) in [5.41, 5.74) is 0.857. The minimum atomic E-state index is -1.44. The van der Waals surface area contributed by atoms with Gasteiger partial charge in [0.2, 0.25) is 0 Å². The zero-order valence-corrected chi connectivity index (χ0v) is 13.9. The van der Waals surface area contributed by atoms with E-state index in [4.69, 9.17) is 14.2 Å². The van der Waals surface area contributed by atoms with Crippen LogP contribution in [0.4, 0.5) is 5.69 Å². The average Bonchev–Trinajstić information content (AvgIpc) is 2.66. The molecule has 7 heteroatoms. The van der Waals surface area contributed by atoms with Crippen LogP contribution in [-0.4, -0.2) is 37.8 Å². The average molecular weight is 345 g/mol. The summed E-state index contributed by atoms with van der Waals surface area (Å²) >= 11 is 0. The molecule has 25 heavy (non-hydrogen) atoms. The largest absolute Gasteiger partial charge is 0.493 e. The molecule has 2 aromatic carbocycles. The van der Waals surface area contributed by atoms with E-state index in [2.05, 4.69) is 5.32 Å². The van der Waals surface area contributed by atoms with Crippen LogP contribution in [0.5, 0.6) is 11.5 Å². The summed E-state index contributed by atoms with van der Waals surface area (Å²) in [5.74, 6) is -0.454. The van der Waals surface area contributed by atoms with Gasteiger partial charge >= 0.3 is 5.97 Å². The highest BCUT2D eigenvalue weighted by Gasteiger charge is 2.19. The smallest absolute Gasteiger partial charge is 0.340 e. The molecule has 0 aliphatic rings. The van der Waals surface area contributed by atoms with Gasteiger partial charge in [-0.15, -0.1) is 0 Å². The first kappa shape index (κ1) is 18.3. The van der Waals surface area contributed by atoms with E-state index >= 15 is 0 Å². The van der Waals surface area contributed by atoms with Crippen molar-refractivity contribution in [2.45, 2.75) is 6.10 Å². The maximum Gasteiger partial charge on any atom is 0.340 e. The zero-order chi connectivity index (χ0) is 18.2. The van der Waals surface area contributed by atoms with Gasteiger partial charge in [0.05, 0.1) is 14.2 Å². The Morgan fingerprint density at radius 2 is 1.72 bits per heavy atom. The Morgan fingerprint density at radius 3 is 2.36 bits per heavy atom. The second kappa shape index (κ2) is 8.70. The van der Waals surface area contributed by atoms with E-state index in [1.54, 1.807) is 48.5 Å². The minimum absolute atomic E-state index is 0.396. The molecule has 0 radical (unpaired) electrons. The summed E-state index contributed by atoms with van der Waals surface area (Å²) in [6, 6.07) is 13.2. The van der Waals surface area contributed by atoms with Gasteiger partial charge in [-0.25, -0.2) is 4.79 Å². The minimum Gasteiger partial charge on any atom is -0.493 e. The fourth-order valence-corrected chi connectivity index (χ4v) is 2.10. The number of nitrogens with one attached hydrogen (secondary N) is 1. The Balaban J connectivity index is 1.89. The second-order valence-corrected chi connectivity index (χ2v) is 5.04. The van der Waals surface area contributed by atoms with Gasteiger partial charge in [0.1, 0.15) is 0 Å². The van der Waals surface area contributed by atoms with Crippen LogP contribution in [0.2, 0.25) is 0 Å². The monoisotopic (exact) mass is 345 g/mol. The molecule has 0 saturated heterocycles. The number of hydrogen-bond donors (Lipinski definition) is 2. The van der Waals surface area contributed by atoms with Gasteiger partial charge in [-0.1, -0.05) is 30.3 Å². The molecule has 2 N–H and O–H groups in total. The van der Waals surface area contributed by atoms with E-state index < -0.39 is 24.6 Å². The number of hydrogen-bond acceptors (Lipinski definition) is 6. The Kier molecular flexibility index (Phi) is 6.36. The third kappa shape index (κ3) is 4.95. The first-order valence-electron chi connectivity index (χ1n) is 7.46.